The lowest BCUT2D eigenvalue weighted by molar-refractivity contribution is -0.148. The van der Waals surface area contributed by atoms with Crippen LogP contribution in [0, 0.1) is 5.41 Å². The van der Waals surface area contributed by atoms with Gasteiger partial charge in [-0.2, -0.15) is 4.31 Å². The van der Waals surface area contributed by atoms with E-state index in [2.05, 4.69) is 4.98 Å². The minimum Gasteiger partial charge on any atom is -0.465 e. The third-order valence-corrected chi connectivity index (χ3v) is 7.19. The number of esters is 1. The highest BCUT2D eigenvalue weighted by atomic mass is 32.2. The number of sulfonamides is 1. The summed E-state index contributed by atoms with van der Waals surface area (Å²) in [6.45, 7) is 2.01. The molecular formula is C24H23N3O4S. The van der Waals surface area contributed by atoms with Gasteiger partial charge in [0.1, 0.15) is 6.04 Å². The predicted octanol–water partition coefficient (Wildman–Crippen LogP) is 3.60. The van der Waals surface area contributed by atoms with Gasteiger partial charge in [0.25, 0.3) is 10.0 Å². The van der Waals surface area contributed by atoms with Crippen LogP contribution in [0.15, 0.2) is 71.8 Å². The summed E-state index contributed by atoms with van der Waals surface area (Å²) < 4.78 is 33.7. The highest BCUT2D eigenvalue weighted by Crippen LogP contribution is 2.35. The molecule has 32 heavy (non-hydrogen) atoms. The number of benzene rings is 2. The first-order chi connectivity index (χ1) is 15.5. The molecule has 1 aliphatic rings. The van der Waals surface area contributed by atoms with Gasteiger partial charge in [-0.3, -0.25) is 0 Å². The number of nitrogens with one attached hydrogen (secondary N) is 1. The summed E-state index contributed by atoms with van der Waals surface area (Å²) in [6, 6.07) is 18.2. The zero-order chi connectivity index (χ0) is 22.7. The van der Waals surface area contributed by atoms with E-state index in [1.807, 2.05) is 12.1 Å². The molecule has 0 amide bonds. The standard InChI is InChI=1S/C24H23N3O4S/c1-2-31-24(28)23-20-7-4-3-6-18(20)14-15-27(23)32(29,30)22-9-5-8-21(26-22)19-12-10-17(16-25)11-13-19/h3-13,16,23,25H,2,14-15H2,1H3. The monoisotopic (exact) mass is 449 g/mol. The van der Waals surface area contributed by atoms with Gasteiger partial charge in [0.15, 0.2) is 5.03 Å². The first-order valence-electron chi connectivity index (χ1n) is 10.3. The fourth-order valence-electron chi connectivity index (χ4n) is 3.86. The van der Waals surface area contributed by atoms with Crippen LogP contribution in [0.2, 0.25) is 0 Å². The molecule has 7 nitrogen and oxygen atoms in total. The number of pyridine rings is 1. The number of carbonyl (C=O) groups is 1. The molecule has 3 aromatic rings. The molecule has 0 saturated carbocycles. The Morgan fingerprint density at radius 3 is 2.59 bits per heavy atom. The summed E-state index contributed by atoms with van der Waals surface area (Å²) in [5.74, 6) is -0.596. The number of fused-ring (bicyclic) bond motifs is 1. The maximum absolute atomic E-state index is 13.6. The molecule has 1 atom stereocenters. The lowest BCUT2D eigenvalue weighted by atomic mass is 9.94. The molecule has 0 aliphatic carbocycles. The Morgan fingerprint density at radius 2 is 1.88 bits per heavy atom. The molecule has 0 fully saturated rings. The maximum atomic E-state index is 13.6. The van der Waals surface area contributed by atoms with Crippen molar-refractivity contribution in [1.82, 2.24) is 9.29 Å². The van der Waals surface area contributed by atoms with Crippen molar-refractivity contribution >= 4 is 22.2 Å². The minimum atomic E-state index is -4.08. The zero-order valence-corrected chi connectivity index (χ0v) is 18.4. The van der Waals surface area contributed by atoms with Gasteiger partial charge >= 0.3 is 5.97 Å². The summed E-state index contributed by atoms with van der Waals surface area (Å²) >= 11 is 0. The predicted molar refractivity (Wildman–Crippen MR) is 121 cm³/mol. The van der Waals surface area contributed by atoms with Crippen LogP contribution in [0.4, 0.5) is 0 Å². The van der Waals surface area contributed by atoms with Crippen molar-refractivity contribution in [3.63, 3.8) is 0 Å². The SMILES string of the molecule is CCOC(=O)C1c2ccccc2CCN1S(=O)(=O)c1cccc(-c2ccc(C=N)cc2)n1. The zero-order valence-electron chi connectivity index (χ0n) is 17.6. The van der Waals surface area contributed by atoms with Gasteiger partial charge in [0.05, 0.1) is 12.3 Å². The topological polar surface area (TPSA) is 100 Å². The van der Waals surface area contributed by atoms with E-state index in [0.717, 1.165) is 16.7 Å². The van der Waals surface area contributed by atoms with Gasteiger partial charge in [-0.1, -0.05) is 54.6 Å². The van der Waals surface area contributed by atoms with Gasteiger partial charge in [0, 0.05) is 18.3 Å². The summed E-state index contributed by atoms with van der Waals surface area (Å²) in [5, 5.41) is 7.20. The van der Waals surface area contributed by atoms with E-state index in [-0.39, 0.29) is 18.2 Å². The van der Waals surface area contributed by atoms with Crippen molar-refractivity contribution in [1.29, 1.82) is 5.41 Å². The van der Waals surface area contributed by atoms with Gasteiger partial charge in [0.2, 0.25) is 0 Å². The number of rotatable bonds is 6. The average Bonchev–Trinajstić information content (AvgIpc) is 2.83. The number of hydrogen-bond donors (Lipinski definition) is 1. The third kappa shape index (κ3) is 4.06. The molecule has 0 saturated heterocycles. The van der Waals surface area contributed by atoms with Gasteiger partial charge < -0.3 is 10.1 Å². The molecule has 2 aromatic carbocycles. The van der Waals surface area contributed by atoms with Crippen LogP contribution >= 0.6 is 0 Å². The largest absolute Gasteiger partial charge is 0.465 e. The van der Waals surface area contributed by atoms with Gasteiger partial charge in [-0.25, -0.2) is 18.2 Å². The second-order valence-electron chi connectivity index (χ2n) is 7.35. The lowest BCUT2D eigenvalue weighted by Gasteiger charge is -2.34. The number of ether oxygens (including phenoxy) is 1. The van der Waals surface area contributed by atoms with E-state index in [9.17, 15) is 13.2 Å². The molecule has 0 radical (unpaired) electrons. The number of carbonyl (C=O) groups excluding carboxylic acids is 1. The van der Waals surface area contributed by atoms with E-state index in [1.54, 1.807) is 55.5 Å². The molecule has 1 N–H and O–H groups in total. The van der Waals surface area contributed by atoms with Crippen LogP contribution in [0.25, 0.3) is 11.3 Å². The van der Waals surface area contributed by atoms with E-state index in [4.69, 9.17) is 10.1 Å². The van der Waals surface area contributed by atoms with Crippen molar-refractivity contribution in [2.75, 3.05) is 13.2 Å². The van der Waals surface area contributed by atoms with Crippen LogP contribution in [-0.2, 0) is 26.0 Å². The molecule has 0 spiro atoms. The Bertz CT molecular complexity index is 1260. The molecule has 4 rings (SSSR count). The Labute approximate surface area is 187 Å². The Morgan fingerprint density at radius 1 is 1.12 bits per heavy atom. The van der Waals surface area contributed by atoms with E-state index in [1.165, 1.54) is 16.6 Å². The van der Waals surface area contributed by atoms with E-state index >= 15 is 0 Å². The second-order valence-corrected chi connectivity index (χ2v) is 9.18. The van der Waals surface area contributed by atoms with Crippen molar-refractivity contribution in [3.05, 3.63) is 83.4 Å². The molecule has 164 valence electrons. The molecular weight excluding hydrogens is 426 g/mol. The van der Waals surface area contributed by atoms with Gasteiger partial charge in [-0.15, -0.1) is 0 Å². The summed E-state index contributed by atoms with van der Waals surface area (Å²) in [4.78, 5) is 17.2. The number of hydrogen-bond acceptors (Lipinski definition) is 6. The molecule has 1 aromatic heterocycles. The first-order valence-corrected chi connectivity index (χ1v) is 11.7. The molecule has 0 bridgehead atoms. The van der Waals surface area contributed by atoms with Crippen LogP contribution in [0.5, 0.6) is 0 Å². The van der Waals surface area contributed by atoms with Crippen molar-refractivity contribution in [3.8, 4) is 11.3 Å². The van der Waals surface area contributed by atoms with Crippen LogP contribution in [0.1, 0.15) is 29.7 Å². The maximum Gasteiger partial charge on any atom is 0.329 e. The Balaban J connectivity index is 1.75. The van der Waals surface area contributed by atoms with Crippen molar-refractivity contribution in [2.24, 2.45) is 0 Å². The number of aromatic nitrogens is 1. The second kappa shape index (κ2) is 9.02. The van der Waals surface area contributed by atoms with Crippen LogP contribution in [-0.4, -0.2) is 43.0 Å². The third-order valence-electron chi connectivity index (χ3n) is 5.42. The summed E-state index contributed by atoms with van der Waals surface area (Å²) in [6.07, 6.45) is 1.73. The quantitative estimate of drug-likeness (QED) is 0.458. The minimum absolute atomic E-state index is 0.125. The highest BCUT2D eigenvalue weighted by molar-refractivity contribution is 7.89. The summed E-state index contributed by atoms with van der Waals surface area (Å²) in [7, 11) is -4.08. The fourth-order valence-corrected chi connectivity index (χ4v) is 5.37. The number of nitrogens with zero attached hydrogens (tertiary/aromatic N) is 2. The van der Waals surface area contributed by atoms with Crippen LogP contribution in [0.3, 0.4) is 0 Å². The molecule has 1 unspecified atom stereocenters. The first kappa shape index (κ1) is 21.9. The van der Waals surface area contributed by atoms with Crippen molar-refractivity contribution < 1.29 is 17.9 Å². The summed E-state index contributed by atoms with van der Waals surface area (Å²) in [5.41, 5.74) is 3.54. The fraction of sp³-hybridized carbons (Fsp3) is 0.208. The molecule has 2 heterocycles. The van der Waals surface area contributed by atoms with Crippen LogP contribution < -0.4 is 0 Å². The Kier molecular flexibility index (Phi) is 6.16. The van der Waals surface area contributed by atoms with E-state index < -0.39 is 22.0 Å². The van der Waals surface area contributed by atoms with E-state index in [0.29, 0.717) is 17.7 Å². The molecule has 1 aliphatic heterocycles. The Hall–Kier alpha value is -3.36. The molecule has 8 heteroatoms. The average molecular weight is 450 g/mol. The normalized spacial score (nSPS) is 16.2. The smallest absolute Gasteiger partial charge is 0.329 e. The highest BCUT2D eigenvalue weighted by Gasteiger charge is 2.42. The van der Waals surface area contributed by atoms with Crippen molar-refractivity contribution in [2.45, 2.75) is 24.4 Å². The lowest BCUT2D eigenvalue weighted by Crippen LogP contribution is -2.44. The van der Waals surface area contributed by atoms with Gasteiger partial charge in [-0.05, 0) is 42.2 Å².